The maximum atomic E-state index is 13.7. The number of hydrogen-bond acceptors (Lipinski definition) is 18. The molecule has 0 bridgehead atoms. The fourth-order valence-corrected chi connectivity index (χ4v) is 13.7. The molecule has 0 saturated carbocycles. The molecule has 0 spiro atoms. The number of benzene rings is 6. The molecule has 0 unspecified atom stereocenters. The quantitative estimate of drug-likeness (QED) is 0.0223. The summed E-state index contributed by atoms with van der Waals surface area (Å²) in [4.78, 5) is 62.0. The smallest absolute Gasteiger partial charge is 0.351 e. The van der Waals surface area contributed by atoms with Crippen LogP contribution in [-0.4, -0.2) is 95.1 Å². The van der Waals surface area contributed by atoms with Crippen molar-refractivity contribution in [3.8, 4) is 23.0 Å². The van der Waals surface area contributed by atoms with Crippen molar-refractivity contribution in [2.24, 2.45) is 0 Å². The molecule has 4 atom stereocenters. The Hall–Kier alpha value is -8.56. The van der Waals surface area contributed by atoms with E-state index in [1.807, 2.05) is 158 Å². The van der Waals surface area contributed by atoms with Gasteiger partial charge in [0.1, 0.15) is 82.3 Å². The zero-order chi connectivity index (χ0) is 64.1. The van der Waals surface area contributed by atoms with Crippen molar-refractivity contribution in [2.45, 2.75) is 111 Å². The second kappa shape index (κ2) is 32.6. The predicted octanol–water partition coefficient (Wildman–Crippen LogP) is 13.3. The van der Waals surface area contributed by atoms with Gasteiger partial charge in [0.25, 0.3) is 0 Å². The minimum Gasteiger partial charge on any atom is -0.497 e. The molecule has 4 heterocycles. The van der Waals surface area contributed by atoms with Crippen LogP contribution in [0.25, 0.3) is 0 Å². The lowest BCUT2D eigenvalue weighted by Gasteiger charge is -2.37. The minimum atomic E-state index is -0.961. The molecule has 2 saturated heterocycles. The van der Waals surface area contributed by atoms with Crippen molar-refractivity contribution in [2.75, 3.05) is 63.8 Å². The second-order valence-corrected chi connectivity index (χ2v) is 24.9. The number of unbranched alkanes of at least 4 members (excludes halogenated alkanes) is 9. The summed E-state index contributed by atoms with van der Waals surface area (Å²) >= 11 is 3.00. The van der Waals surface area contributed by atoms with Gasteiger partial charge in [-0.25, -0.2) is 9.59 Å². The van der Waals surface area contributed by atoms with Crippen molar-refractivity contribution in [3.63, 3.8) is 0 Å². The molecule has 8 aromatic rings. The highest BCUT2D eigenvalue weighted by Gasteiger charge is 2.40. The Morgan fingerprint density at radius 1 is 0.435 bits per heavy atom. The molecule has 10 rings (SSSR count). The summed E-state index contributed by atoms with van der Waals surface area (Å²) in [5.41, 5.74) is 1.80. The Morgan fingerprint density at radius 3 is 1.02 bits per heavy atom. The Kier molecular flexibility index (Phi) is 23.5. The van der Waals surface area contributed by atoms with Crippen LogP contribution in [0.4, 0.5) is 11.6 Å². The first-order valence-electron chi connectivity index (χ1n) is 31.3. The van der Waals surface area contributed by atoms with Crippen molar-refractivity contribution in [3.05, 3.63) is 237 Å². The number of hydrogen-bond donors (Lipinski definition) is 2. The van der Waals surface area contributed by atoms with Gasteiger partial charge in [0, 0.05) is 36.7 Å². The highest BCUT2D eigenvalue weighted by atomic mass is 32.2. The van der Waals surface area contributed by atoms with E-state index in [9.17, 15) is 19.2 Å². The van der Waals surface area contributed by atoms with Crippen LogP contribution in [0.5, 0.6) is 23.0 Å². The fraction of sp³-hybridized carbons (Fsp3) is 0.361. The molecule has 2 aromatic heterocycles. The first-order chi connectivity index (χ1) is 45.0. The first-order valence-corrected chi connectivity index (χ1v) is 33.4. The molecule has 482 valence electrons. The number of rotatable bonds is 33. The Balaban J connectivity index is 0.587. The van der Waals surface area contributed by atoms with E-state index in [-0.39, 0.29) is 25.2 Å². The van der Waals surface area contributed by atoms with E-state index in [0.717, 1.165) is 97.6 Å². The molecule has 18 nitrogen and oxygen atoms in total. The van der Waals surface area contributed by atoms with Gasteiger partial charge < -0.3 is 48.5 Å². The number of carbonyl (C=O) groups excluding carboxylic acids is 2. The minimum absolute atomic E-state index is 0.0963. The zero-order valence-corrected chi connectivity index (χ0v) is 54.1. The number of aromatic nitrogens is 4. The number of esters is 2. The number of nitrogens with zero attached hydrogens (tertiary/aromatic N) is 4. The molecular weight excluding hydrogens is 1200 g/mol. The summed E-state index contributed by atoms with van der Waals surface area (Å²) < 4.78 is 48.6. The highest BCUT2D eigenvalue weighted by molar-refractivity contribution is 8.00. The number of nitrogens with one attached hydrogen (secondary N) is 2. The van der Waals surface area contributed by atoms with E-state index in [2.05, 4.69) is 20.6 Å². The fourth-order valence-electron chi connectivity index (χ4n) is 11.7. The van der Waals surface area contributed by atoms with Gasteiger partial charge in [-0.15, -0.1) is 23.5 Å². The molecule has 0 aliphatic carbocycles. The van der Waals surface area contributed by atoms with Gasteiger partial charge in [-0.05, 0) is 107 Å². The lowest BCUT2D eigenvalue weighted by molar-refractivity contribution is -0.147. The highest BCUT2D eigenvalue weighted by Crippen LogP contribution is 2.43. The Morgan fingerprint density at radius 2 is 0.728 bits per heavy atom. The molecule has 6 aromatic carbocycles. The molecule has 2 aliphatic rings. The van der Waals surface area contributed by atoms with Crippen LogP contribution < -0.4 is 41.0 Å². The zero-order valence-electron chi connectivity index (χ0n) is 52.4. The van der Waals surface area contributed by atoms with E-state index in [1.165, 1.54) is 32.7 Å². The SMILES string of the molecule is COc1ccc(C(Nc2ccn([C@@H]3CS[C@H](COC(=O)CCCCCCCCCCCCC(=O)OC[C@@H]4O[C@H](n5ccc(NC(c6ccccc6)(c6ccc(OC)cc6)c6ccc(OC)cc6)nc5=O)CS4)O3)c(=O)n2)(c2ccccc2)c2ccc(OC)cc2)cc1. The molecule has 0 amide bonds. The first kappa shape index (κ1) is 66.4. The van der Waals surface area contributed by atoms with Crippen LogP contribution in [0.1, 0.15) is 123 Å². The Labute approximate surface area is 545 Å². The van der Waals surface area contributed by atoms with Gasteiger partial charge in [-0.2, -0.15) is 9.97 Å². The van der Waals surface area contributed by atoms with E-state index in [0.29, 0.717) is 59.0 Å². The van der Waals surface area contributed by atoms with Crippen LogP contribution in [0.15, 0.2) is 192 Å². The van der Waals surface area contributed by atoms with Crippen molar-refractivity contribution in [1.29, 1.82) is 0 Å². The van der Waals surface area contributed by atoms with Crippen LogP contribution in [-0.2, 0) is 39.6 Å². The van der Waals surface area contributed by atoms with Gasteiger partial charge in [0.15, 0.2) is 0 Å². The number of carbonyl (C=O) groups is 2. The average Bonchev–Trinajstić information content (AvgIpc) is 0.817. The van der Waals surface area contributed by atoms with E-state index < -0.39 is 45.8 Å². The lowest BCUT2D eigenvalue weighted by atomic mass is 9.77. The predicted molar refractivity (Wildman–Crippen MR) is 359 cm³/mol. The topological polar surface area (TPSA) is 202 Å². The summed E-state index contributed by atoms with van der Waals surface area (Å²) in [6.45, 7) is 0.193. The molecular formula is C72H80N6O12S2. The lowest BCUT2D eigenvalue weighted by Crippen LogP contribution is -2.39. The summed E-state index contributed by atoms with van der Waals surface area (Å²) in [5.74, 6) is 4.09. The third-order valence-corrected chi connectivity index (χ3v) is 18.9. The van der Waals surface area contributed by atoms with E-state index >= 15 is 0 Å². The monoisotopic (exact) mass is 1280 g/mol. The molecule has 20 heteroatoms. The molecule has 92 heavy (non-hydrogen) atoms. The molecule has 2 N–H and O–H groups in total. The average molecular weight is 1290 g/mol. The molecule has 0 radical (unpaired) electrons. The van der Waals surface area contributed by atoms with E-state index in [1.54, 1.807) is 53.0 Å². The van der Waals surface area contributed by atoms with Gasteiger partial charge in [-0.1, -0.05) is 161 Å². The summed E-state index contributed by atoms with van der Waals surface area (Å²) in [7, 11) is 6.53. The number of ether oxygens (including phenoxy) is 8. The molecule has 2 aliphatic heterocycles. The largest absolute Gasteiger partial charge is 0.497 e. The van der Waals surface area contributed by atoms with Gasteiger partial charge >= 0.3 is 23.3 Å². The number of thioether (sulfide) groups is 2. The second-order valence-electron chi connectivity index (χ2n) is 22.5. The third-order valence-electron chi connectivity index (χ3n) is 16.7. The van der Waals surface area contributed by atoms with Gasteiger partial charge in [0.05, 0.1) is 28.4 Å². The van der Waals surface area contributed by atoms with Crippen LogP contribution in [0.2, 0.25) is 0 Å². The van der Waals surface area contributed by atoms with Crippen molar-refractivity contribution >= 4 is 47.1 Å². The van der Waals surface area contributed by atoms with Crippen LogP contribution >= 0.6 is 23.5 Å². The van der Waals surface area contributed by atoms with Crippen molar-refractivity contribution in [1.82, 2.24) is 19.1 Å². The Bertz CT molecular complexity index is 3410. The van der Waals surface area contributed by atoms with Crippen molar-refractivity contribution < 1.29 is 47.5 Å². The number of anilines is 2. The standard InChI is InChI=1S/C72H80N6O12S2/c1-83-57-35-27-53(28-36-57)71(51-21-15-13-16-22-51,54-29-37-58(84-2)38-30-54)75-61-43-45-77(69(81)73-61)63-49-91-67(89-63)47-87-65(79)25-19-11-9-7-5-6-8-10-12-20-26-66(80)88-48-68-90-64(50-92-68)78-46-44-62(74-70(78)82)76-72(52-23-17-14-18-24-52,55-31-39-59(85-3)40-32-55)56-33-41-60(86-4)42-34-56/h13-18,21-24,27-46,63-64,67-68H,5-12,19-20,25-26,47-50H2,1-4H3,(H,73,75,81)(H,74,76,82)/t63-,64-,67+,68+/m0/s1. The summed E-state index contributed by atoms with van der Waals surface area (Å²) in [6.07, 6.45) is 12.9. The van der Waals surface area contributed by atoms with Crippen LogP contribution in [0.3, 0.4) is 0 Å². The molecule has 2 fully saturated rings. The maximum absolute atomic E-state index is 13.7. The normalized spacial score (nSPS) is 16.3. The van der Waals surface area contributed by atoms with Gasteiger partial charge in [-0.3, -0.25) is 18.7 Å². The summed E-state index contributed by atoms with van der Waals surface area (Å²) in [6, 6.07) is 54.9. The number of methoxy groups -OCH3 is 4. The summed E-state index contributed by atoms with van der Waals surface area (Å²) in [5, 5.41) is 7.30. The maximum Gasteiger partial charge on any atom is 0.351 e. The third kappa shape index (κ3) is 16.5. The van der Waals surface area contributed by atoms with E-state index in [4.69, 9.17) is 37.9 Å². The van der Waals surface area contributed by atoms with Gasteiger partial charge in [0.2, 0.25) is 0 Å². The van der Waals surface area contributed by atoms with Crippen LogP contribution in [0, 0.1) is 0 Å².